The van der Waals surface area contributed by atoms with Crippen molar-refractivity contribution in [3.8, 4) is 0 Å². The van der Waals surface area contributed by atoms with Gasteiger partial charge in [-0.2, -0.15) is 0 Å². The second-order valence-corrected chi connectivity index (χ2v) is 4.45. The van der Waals surface area contributed by atoms with Gasteiger partial charge in [0, 0.05) is 6.42 Å². The van der Waals surface area contributed by atoms with Crippen LogP contribution in [-0.2, 0) is 9.63 Å². The molecule has 2 heterocycles. The first kappa shape index (κ1) is 11.5. The number of hydrogen-bond donors (Lipinski definition) is 3. The molecule has 0 aromatic rings. The van der Waals surface area contributed by atoms with Gasteiger partial charge in [0.15, 0.2) is 6.29 Å². The number of carbonyl (C=O) groups is 1. The average Bonchev–Trinajstić information content (AvgIpc) is 2.78. The number of aliphatic imine (C=N–C) groups is 1. The minimum atomic E-state index is -0.688. The molecule has 1 saturated heterocycles. The highest BCUT2D eigenvalue weighted by Crippen LogP contribution is 2.32. The van der Waals surface area contributed by atoms with E-state index in [0.717, 1.165) is 38.2 Å². The van der Waals surface area contributed by atoms with E-state index in [9.17, 15) is 4.79 Å². The molecule has 0 radical (unpaired) electrons. The Hall–Kier alpha value is -0.980. The fraction of sp³-hybridized carbons (Fsp3) is 0.800. The molecule has 0 saturated carbocycles. The van der Waals surface area contributed by atoms with Crippen LogP contribution in [0, 0.1) is 5.41 Å². The van der Waals surface area contributed by atoms with Crippen LogP contribution < -0.4 is 16.5 Å². The molecule has 1 fully saturated rings. The fourth-order valence-corrected chi connectivity index (χ4v) is 2.24. The van der Waals surface area contributed by atoms with Crippen LogP contribution in [0.25, 0.3) is 0 Å². The van der Waals surface area contributed by atoms with Crippen LogP contribution in [0.1, 0.15) is 19.3 Å². The molecule has 0 amide bonds. The van der Waals surface area contributed by atoms with Crippen molar-refractivity contribution in [2.75, 3.05) is 19.6 Å². The number of piperidine rings is 1. The number of carbonyl (C=O) groups excluding carboxylic acids is 1. The molecule has 0 aromatic carbocycles. The normalized spacial score (nSPS) is 28.3. The zero-order valence-corrected chi connectivity index (χ0v) is 9.24. The highest BCUT2D eigenvalue weighted by Gasteiger charge is 2.33. The van der Waals surface area contributed by atoms with E-state index in [1.54, 1.807) is 0 Å². The highest BCUT2D eigenvalue weighted by molar-refractivity contribution is 5.85. The van der Waals surface area contributed by atoms with Gasteiger partial charge >= 0.3 is 0 Å². The third-order valence-corrected chi connectivity index (χ3v) is 3.34. The van der Waals surface area contributed by atoms with Gasteiger partial charge in [-0.05, 0) is 37.9 Å². The summed E-state index contributed by atoms with van der Waals surface area (Å²) in [6, 6.07) is 0. The number of nitrogens with zero attached hydrogens (tertiary/aromatic N) is 1. The monoisotopic (exact) mass is 226 g/mol. The van der Waals surface area contributed by atoms with E-state index in [2.05, 4.69) is 15.8 Å². The standard InChI is InChI=1S/C10H18N4O2/c11-7-10(1-3-12-4-2-10)5-8-13-9(6-15)16-14-8/h6,9,12H,1-5,7,11H2,(H,13,14). The summed E-state index contributed by atoms with van der Waals surface area (Å²) in [6.07, 6.45) is 2.82. The van der Waals surface area contributed by atoms with Gasteiger partial charge in [0.1, 0.15) is 5.84 Å². The van der Waals surface area contributed by atoms with Crippen molar-refractivity contribution in [3.63, 3.8) is 0 Å². The van der Waals surface area contributed by atoms with E-state index in [1.807, 2.05) is 0 Å². The lowest BCUT2D eigenvalue weighted by Gasteiger charge is -2.36. The number of aldehydes is 1. The van der Waals surface area contributed by atoms with Gasteiger partial charge in [0.2, 0.25) is 6.23 Å². The largest absolute Gasteiger partial charge is 0.330 e. The molecule has 90 valence electrons. The predicted molar refractivity (Wildman–Crippen MR) is 59.7 cm³/mol. The smallest absolute Gasteiger partial charge is 0.231 e. The van der Waals surface area contributed by atoms with Crippen LogP contribution >= 0.6 is 0 Å². The molecule has 16 heavy (non-hydrogen) atoms. The van der Waals surface area contributed by atoms with Crippen molar-refractivity contribution >= 4 is 12.1 Å². The van der Waals surface area contributed by atoms with Crippen LogP contribution in [0.4, 0.5) is 0 Å². The lowest BCUT2D eigenvalue weighted by molar-refractivity contribution is -0.118. The topological polar surface area (TPSA) is 88.7 Å². The summed E-state index contributed by atoms with van der Waals surface area (Å²) in [7, 11) is 0. The molecular formula is C10H18N4O2. The van der Waals surface area contributed by atoms with Gasteiger partial charge in [-0.25, -0.2) is 9.83 Å². The van der Waals surface area contributed by atoms with Gasteiger partial charge in [-0.1, -0.05) is 0 Å². The van der Waals surface area contributed by atoms with E-state index < -0.39 is 6.23 Å². The maximum Gasteiger partial charge on any atom is 0.231 e. The third kappa shape index (κ3) is 2.40. The second kappa shape index (κ2) is 4.90. The first-order chi connectivity index (χ1) is 7.78. The molecule has 1 unspecified atom stereocenters. The Morgan fingerprint density at radius 2 is 2.31 bits per heavy atom. The number of rotatable bonds is 4. The van der Waals surface area contributed by atoms with Crippen molar-refractivity contribution in [2.45, 2.75) is 25.5 Å². The lowest BCUT2D eigenvalue weighted by Crippen LogP contribution is -2.44. The number of hydroxylamine groups is 1. The van der Waals surface area contributed by atoms with E-state index >= 15 is 0 Å². The Balaban J connectivity index is 1.98. The summed E-state index contributed by atoms with van der Waals surface area (Å²) in [4.78, 5) is 19.6. The van der Waals surface area contributed by atoms with Gasteiger partial charge in [0.05, 0.1) is 0 Å². The minimum Gasteiger partial charge on any atom is -0.330 e. The van der Waals surface area contributed by atoms with Crippen LogP contribution in [0.3, 0.4) is 0 Å². The average molecular weight is 226 g/mol. The zero-order valence-electron chi connectivity index (χ0n) is 9.24. The first-order valence-corrected chi connectivity index (χ1v) is 5.62. The van der Waals surface area contributed by atoms with Crippen molar-refractivity contribution in [1.82, 2.24) is 10.8 Å². The van der Waals surface area contributed by atoms with Crippen LogP contribution in [-0.4, -0.2) is 38.0 Å². The lowest BCUT2D eigenvalue weighted by atomic mass is 9.76. The molecule has 6 heteroatoms. The van der Waals surface area contributed by atoms with Crippen molar-refractivity contribution < 1.29 is 9.63 Å². The number of nitrogens with two attached hydrogens (primary N) is 1. The molecular weight excluding hydrogens is 208 g/mol. The number of amidine groups is 1. The maximum atomic E-state index is 10.5. The van der Waals surface area contributed by atoms with Crippen LogP contribution in [0.2, 0.25) is 0 Å². The number of nitrogens with one attached hydrogen (secondary N) is 2. The summed E-state index contributed by atoms with van der Waals surface area (Å²) < 4.78 is 0. The molecule has 2 aliphatic heterocycles. The summed E-state index contributed by atoms with van der Waals surface area (Å²) in [6.45, 7) is 2.62. The Morgan fingerprint density at radius 1 is 1.56 bits per heavy atom. The molecule has 0 spiro atoms. The molecule has 6 nitrogen and oxygen atoms in total. The van der Waals surface area contributed by atoms with Gasteiger partial charge in [-0.15, -0.1) is 0 Å². The predicted octanol–water partition coefficient (Wildman–Crippen LogP) is -0.837. The minimum absolute atomic E-state index is 0.0955. The summed E-state index contributed by atoms with van der Waals surface area (Å²) in [5, 5.41) is 3.32. The van der Waals surface area contributed by atoms with Crippen molar-refractivity contribution in [2.24, 2.45) is 16.1 Å². The zero-order chi connectivity index (χ0) is 11.4. The maximum absolute atomic E-state index is 10.5. The summed E-state index contributed by atoms with van der Waals surface area (Å²) in [5.74, 6) is 0.740. The van der Waals surface area contributed by atoms with E-state index in [4.69, 9.17) is 10.6 Å². The SMILES string of the molecule is NCC1(CC2=NC(C=O)ON2)CCNCC1. The van der Waals surface area contributed by atoms with E-state index in [0.29, 0.717) is 12.8 Å². The molecule has 2 rings (SSSR count). The molecule has 4 N–H and O–H groups in total. The highest BCUT2D eigenvalue weighted by atomic mass is 16.7. The number of hydrogen-bond acceptors (Lipinski definition) is 6. The molecule has 0 aromatic heterocycles. The fourth-order valence-electron chi connectivity index (χ4n) is 2.24. The van der Waals surface area contributed by atoms with Crippen LogP contribution in [0.5, 0.6) is 0 Å². The summed E-state index contributed by atoms with van der Waals surface area (Å²) in [5.41, 5.74) is 8.66. The van der Waals surface area contributed by atoms with Crippen LogP contribution in [0.15, 0.2) is 4.99 Å². The van der Waals surface area contributed by atoms with E-state index in [1.165, 1.54) is 0 Å². The molecule has 1 atom stereocenters. The van der Waals surface area contributed by atoms with Crippen molar-refractivity contribution in [3.05, 3.63) is 0 Å². The third-order valence-electron chi connectivity index (χ3n) is 3.34. The Morgan fingerprint density at radius 3 is 2.88 bits per heavy atom. The second-order valence-electron chi connectivity index (χ2n) is 4.45. The van der Waals surface area contributed by atoms with Gasteiger partial charge in [-0.3, -0.25) is 10.3 Å². The summed E-state index contributed by atoms with van der Waals surface area (Å²) >= 11 is 0. The van der Waals surface area contributed by atoms with Gasteiger partial charge in [0.25, 0.3) is 0 Å². The quantitative estimate of drug-likeness (QED) is 0.544. The Labute approximate surface area is 94.6 Å². The van der Waals surface area contributed by atoms with E-state index in [-0.39, 0.29) is 5.41 Å². The molecule has 0 aliphatic carbocycles. The Kier molecular flexibility index (Phi) is 3.52. The van der Waals surface area contributed by atoms with Crippen molar-refractivity contribution in [1.29, 1.82) is 0 Å². The molecule has 2 aliphatic rings. The first-order valence-electron chi connectivity index (χ1n) is 5.62. The molecule has 0 bridgehead atoms. The Bertz CT molecular complexity index is 287. The van der Waals surface area contributed by atoms with Gasteiger partial charge < -0.3 is 11.1 Å².